The van der Waals surface area contributed by atoms with Crippen LogP contribution >= 0.6 is 23.2 Å². The molecular weight excluding hydrogens is 381 g/mol. The van der Waals surface area contributed by atoms with Gasteiger partial charge < -0.3 is 15.2 Å². The van der Waals surface area contributed by atoms with Crippen LogP contribution in [0.2, 0.25) is 10.0 Å². The van der Waals surface area contributed by atoms with Gasteiger partial charge in [-0.15, -0.1) is 0 Å². The Bertz CT molecular complexity index is 839. The average molecular weight is 396 g/mol. The number of hydrogen-bond acceptors (Lipinski definition) is 4. The molecule has 0 bridgehead atoms. The van der Waals surface area contributed by atoms with Gasteiger partial charge in [0.1, 0.15) is 6.04 Å². The summed E-state index contributed by atoms with van der Waals surface area (Å²) in [6, 6.07) is 10.2. The van der Waals surface area contributed by atoms with Crippen molar-refractivity contribution in [3.05, 3.63) is 63.6 Å². The summed E-state index contributed by atoms with van der Waals surface area (Å²) in [4.78, 5) is 35.3. The van der Waals surface area contributed by atoms with E-state index in [9.17, 15) is 19.5 Å². The molecule has 2 N–H and O–H groups in total. The second-order valence-electron chi connectivity index (χ2n) is 5.41. The van der Waals surface area contributed by atoms with E-state index in [0.717, 1.165) is 12.5 Å². The van der Waals surface area contributed by atoms with Gasteiger partial charge in [0.2, 0.25) is 0 Å². The standard InChI is InChI=1S/C18H15Cl2NO5/c1-10(22)26-16-13(8-12(19)9-14(16)20)17(23)21-15(18(24)25)7-11-5-3-2-4-6-11/h2-6,8-9,15H,7H2,1H3,(H,21,23)(H,24,25)/t15-/m0/s1. The zero-order valence-corrected chi connectivity index (χ0v) is 15.2. The van der Waals surface area contributed by atoms with Gasteiger partial charge in [-0.1, -0.05) is 53.5 Å². The van der Waals surface area contributed by atoms with Crippen LogP contribution in [0.5, 0.6) is 5.75 Å². The molecular formula is C18H15Cl2NO5. The molecule has 2 rings (SSSR count). The molecule has 0 fully saturated rings. The molecule has 0 saturated heterocycles. The third kappa shape index (κ3) is 5.21. The highest BCUT2D eigenvalue weighted by Crippen LogP contribution is 2.32. The van der Waals surface area contributed by atoms with Crippen molar-refractivity contribution in [1.29, 1.82) is 0 Å². The molecule has 0 aromatic heterocycles. The SMILES string of the molecule is CC(=O)Oc1c(Cl)cc(Cl)cc1C(=O)N[C@@H](Cc1ccccc1)C(=O)O. The Hall–Kier alpha value is -2.57. The Morgan fingerprint density at radius 3 is 2.38 bits per heavy atom. The minimum atomic E-state index is -1.20. The predicted molar refractivity (Wildman–Crippen MR) is 96.8 cm³/mol. The zero-order valence-electron chi connectivity index (χ0n) is 13.7. The van der Waals surface area contributed by atoms with Gasteiger partial charge >= 0.3 is 11.9 Å². The average Bonchev–Trinajstić information content (AvgIpc) is 2.57. The molecule has 0 spiro atoms. The fourth-order valence-corrected chi connectivity index (χ4v) is 2.79. The predicted octanol–water partition coefficient (Wildman–Crippen LogP) is 3.34. The molecule has 1 atom stereocenters. The molecule has 6 nitrogen and oxygen atoms in total. The van der Waals surface area contributed by atoms with E-state index in [2.05, 4.69) is 5.32 Å². The van der Waals surface area contributed by atoms with Crippen LogP contribution in [0.25, 0.3) is 0 Å². The van der Waals surface area contributed by atoms with E-state index in [1.807, 2.05) is 0 Å². The Morgan fingerprint density at radius 1 is 1.15 bits per heavy atom. The Labute approximate surface area is 159 Å². The number of aliphatic carboxylic acids is 1. The Kier molecular flexibility index (Phi) is 6.60. The number of carboxylic acid groups (broad SMARTS) is 1. The fraction of sp³-hybridized carbons (Fsp3) is 0.167. The maximum atomic E-state index is 12.6. The van der Waals surface area contributed by atoms with Crippen LogP contribution in [0.3, 0.4) is 0 Å². The number of hydrogen-bond donors (Lipinski definition) is 2. The van der Waals surface area contributed by atoms with E-state index in [1.54, 1.807) is 30.3 Å². The molecule has 136 valence electrons. The quantitative estimate of drug-likeness (QED) is 0.577. The van der Waals surface area contributed by atoms with Gasteiger partial charge in [-0.05, 0) is 17.7 Å². The van der Waals surface area contributed by atoms with Crippen molar-refractivity contribution in [3.63, 3.8) is 0 Å². The molecule has 0 aliphatic carbocycles. The first-order chi connectivity index (χ1) is 12.3. The van der Waals surface area contributed by atoms with E-state index in [0.29, 0.717) is 0 Å². The molecule has 0 saturated carbocycles. The maximum absolute atomic E-state index is 12.6. The maximum Gasteiger partial charge on any atom is 0.326 e. The van der Waals surface area contributed by atoms with E-state index in [1.165, 1.54) is 12.1 Å². The molecule has 0 aliphatic heterocycles. The summed E-state index contributed by atoms with van der Waals surface area (Å²) >= 11 is 11.9. The van der Waals surface area contributed by atoms with Gasteiger partial charge in [0.25, 0.3) is 5.91 Å². The van der Waals surface area contributed by atoms with Crippen LogP contribution in [0, 0.1) is 0 Å². The van der Waals surface area contributed by atoms with Gasteiger partial charge in [-0.2, -0.15) is 0 Å². The third-order valence-electron chi connectivity index (χ3n) is 3.38. The number of carbonyl (C=O) groups is 3. The molecule has 2 aromatic rings. The Balaban J connectivity index is 2.29. The van der Waals surface area contributed by atoms with Crippen molar-refractivity contribution in [1.82, 2.24) is 5.32 Å². The number of amides is 1. The highest BCUT2D eigenvalue weighted by Gasteiger charge is 2.25. The lowest BCUT2D eigenvalue weighted by Gasteiger charge is -2.17. The lowest BCUT2D eigenvalue weighted by Crippen LogP contribution is -2.42. The number of carbonyl (C=O) groups excluding carboxylic acids is 2. The number of benzene rings is 2. The summed E-state index contributed by atoms with van der Waals surface area (Å²) in [7, 11) is 0. The number of rotatable bonds is 6. The van der Waals surface area contributed by atoms with Gasteiger partial charge in [0.05, 0.1) is 10.6 Å². The number of nitrogens with one attached hydrogen (secondary N) is 1. The second kappa shape index (κ2) is 8.69. The number of esters is 1. The van der Waals surface area contributed by atoms with E-state index < -0.39 is 23.9 Å². The highest BCUT2D eigenvalue weighted by molar-refractivity contribution is 6.36. The van der Waals surface area contributed by atoms with Crippen LogP contribution in [0.15, 0.2) is 42.5 Å². The lowest BCUT2D eigenvalue weighted by molar-refractivity contribution is -0.139. The van der Waals surface area contributed by atoms with Crippen molar-refractivity contribution in [2.45, 2.75) is 19.4 Å². The smallest absolute Gasteiger partial charge is 0.326 e. The first kappa shape index (κ1) is 19.8. The second-order valence-corrected chi connectivity index (χ2v) is 6.26. The largest absolute Gasteiger partial charge is 0.480 e. The highest BCUT2D eigenvalue weighted by atomic mass is 35.5. The topological polar surface area (TPSA) is 92.7 Å². The van der Waals surface area contributed by atoms with Gasteiger partial charge in [-0.3, -0.25) is 9.59 Å². The van der Waals surface area contributed by atoms with Gasteiger partial charge in [0, 0.05) is 18.4 Å². The van der Waals surface area contributed by atoms with Crippen LogP contribution in [-0.4, -0.2) is 29.0 Å². The minimum Gasteiger partial charge on any atom is -0.480 e. The summed E-state index contributed by atoms with van der Waals surface area (Å²) in [5, 5.41) is 11.9. The Morgan fingerprint density at radius 2 is 1.81 bits per heavy atom. The molecule has 1 amide bonds. The normalized spacial score (nSPS) is 11.5. The van der Waals surface area contributed by atoms with Crippen LogP contribution in [-0.2, 0) is 16.0 Å². The molecule has 26 heavy (non-hydrogen) atoms. The summed E-state index contributed by atoms with van der Waals surface area (Å²) in [5.74, 6) is -2.83. The molecule has 0 unspecified atom stereocenters. The third-order valence-corrected chi connectivity index (χ3v) is 3.88. The fourth-order valence-electron chi connectivity index (χ4n) is 2.26. The molecule has 0 aliphatic rings. The van der Waals surface area contributed by atoms with Crippen molar-refractivity contribution >= 4 is 41.0 Å². The monoisotopic (exact) mass is 395 g/mol. The van der Waals surface area contributed by atoms with Crippen LogP contribution in [0.4, 0.5) is 0 Å². The summed E-state index contributed by atoms with van der Waals surface area (Å²) in [5.41, 5.74) is 0.613. The first-order valence-corrected chi connectivity index (χ1v) is 8.28. The summed E-state index contributed by atoms with van der Waals surface area (Å²) in [6.07, 6.45) is 0.0825. The number of ether oxygens (including phenoxy) is 1. The van der Waals surface area contributed by atoms with Crippen LogP contribution < -0.4 is 10.1 Å². The molecule has 8 heteroatoms. The van der Waals surface area contributed by atoms with Crippen molar-refractivity contribution in [2.24, 2.45) is 0 Å². The lowest BCUT2D eigenvalue weighted by atomic mass is 10.1. The van der Waals surface area contributed by atoms with E-state index >= 15 is 0 Å². The summed E-state index contributed by atoms with van der Waals surface area (Å²) in [6.45, 7) is 1.15. The molecule has 0 heterocycles. The zero-order chi connectivity index (χ0) is 19.3. The summed E-state index contributed by atoms with van der Waals surface area (Å²) < 4.78 is 4.97. The van der Waals surface area contributed by atoms with Crippen molar-refractivity contribution in [3.8, 4) is 5.75 Å². The van der Waals surface area contributed by atoms with Gasteiger partial charge in [0.15, 0.2) is 5.75 Å². The number of carboxylic acids is 1. The van der Waals surface area contributed by atoms with E-state index in [-0.39, 0.29) is 27.8 Å². The molecule has 0 radical (unpaired) electrons. The van der Waals surface area contributed by atoms with Crippen LogP contribution in [0.1, 0.15) is 22.8 Å². The number of halogens is 2. The van der Waals surface area contributed by atoms with Crippen molar-refractivity contribution in [2.75, 3.05) is 0 Å². The first-order valence-electron chi connectivity index (χ1n) is 7.53. The van der Waals surface area contributed by atoms with Crippen molar-refractivity contribution < 1.29 is 24.2 Å². The van der Waals surface area contributed by atoms with Gasteiger partial charge in [-0.25, -0.2) is 4.79 Å². The minimum absolute atomic E-state index is 0.0345. The van der Waals surface area contributed by atoms with E-state index in [4.69, 9.17) is 27.9 Å². The molecule has 2 aromatic carbocycles.